The second kappa shape index (κ2) is 7.28. The largest absolute Gasteiger partial charge is 0.493 e. The van der Waals surface area contributed by atoms with Gasteiger partial charge >= 0.3 is 0 Å². The Hall–Kier alpha value is -1.68. The molecule has 2 aromatic rings. The molecule has 134 valence electrons. The van der Waals surface area contributed by atoms with Gasteiger partial charge < -0.3 is 19.7 Å². The Balaban J connectivity index is 2.00. The van der Waals surface area contributed by atoms with Crippen LogP contribution in [0.15, 0.2) is 17.1 Å². The minimum absolute atomic E-state index is 0.00930. The average Bonchev–Trinajstić information content (AvgIpc) is 3.38. The fourth-order valence-electron chi connectivity index (χ4n) is 2.85. The molecule has 0 aromatic carbocycles. The molecule has 7 nitrogen and oxygen atoms in total. The number of halogens is 1. The number of nitrogens with one attached hydrogen (secondary N) is 1. The molecule has 2 heterocycles. The third-order valence-electron chi connectivity index (χ3n) is 4.39. The van der Waals surface area contributed by atoms with Gasteiger partial charge in [-0.3, -0.25) is 4.79 Å². The van der Waals surface area contributed by atoms with Crippen LogP contribution in [0.1, 0.15) is 30.1 Å². The van der Waals surface area contributed by atoms with E-state index in [0.717, 1.165) is 16.5 Å². The molecule has 2 aromatic heterocycles. The van der Waals surface area contributed by atoms with Gasteiger partial charge in [0.1, 0.15) is 3.70 Å². The van der Waals surface area contributed by atoms with Crippen molar-refractivity contribution < 1.29 is 9.84 Å². The first-order valence-electron chi connectivity index (χ1n) is 8.12. The zero-order valence-corrected chi connectivity index (χ0v) is 16.6. The Labute approximate surface area is 159 Å². The second-order valence-corrected chi connectivity index (χ2v) is 7.48. The molecule has 0 radical (unpaired) electrons. The van der Waals surface area contributed by atoms with Gasteiger partial charge in [-0.15, -0.1) is 0 Å². The monoisotopic (exact) mass is 456 g/mol. The van der Waals surface area contributed by atoms with E-state index in [0.29, 0.717) is 29.5 Å². The summed E-state index contributed by atoms with van der Waals surface area (Å²) in [6.45, 7) is 4.03. The number of nitrogens with zero attached hydrogens (tertiary/aromatic N) is 3. The summed E-state index contributed by atoms with van der Waals surface area (Å²) < 4.78 is 7.78. The van der Waals surface area contributed by atoms with Crippen molar-refractivity contribution in [2.45, 2.75) is 32.7 Å². The van der Waals surface area contributed by atoms with Gasteiger partial charge in [-0.05, 0) is 61.3 Å². The molecule has 0 bridgehead atoms. The minimum Gasteiger partial charge on any atom is -0.493 e. The summed E-state index contributed by atoms with van der Waals surface area (Å²) in [5.41, 5.74) is 1.71. The number of methoxy groups -OCH3 is 1. The molecule has 1 aliphatic carbocycles. The number of hydrogen-bond donors (Lipinski definition) is 2. The maximum atomic E-state index is 12.9. The Kier molecular flexibility index (Phi) is 5.28. The lowest BCUT2D eigenvalue weighted by atomic mass is 10.2. The lowest BCUT2D eigenvalue weighted by Crippen LogP contribution is -2.31. The summed E-state index contributed by atoms with van der Waals surface area (Å²) in [6, 6.07) is 1.78. The number of ether oxygens (including phenoxy) is 1. The minimum atomic E-state index is -0.181. The molecule has 0 amide bonds. The van der Waals surface area contributed by atoms with E-state index >= 15 is 0 Å². The zero-order valence-electron chi connectivity index (χ0n) is 14.4. The number of pyridine rings is 1. The molecule has 0 spiro atoms. The summed E-state index contributed by atoms with van der Waals surface area (Å²) >= 11 is 2.11. The fraction of sp³-hybridized carbons (Fsp3) is 0.471. The Morgan fingerprint density at radius 3 is 2.80 bits per heavy atom. The van der Waals surface area contributed by atoms with Crippen LogP contribution < -0.4 is 10.9 Å². The van der Waals surface area contributed by atoms with Gasteiger partial charge in [-0.1, -0.05) is 0 Å². The van der Waals surface area contributed by atoms with Gasteiger partial charge in [-0.2, -0.15) is 0 Å². The highest BCUT2D eigenvalue weighted by atomic mass is 127. The summed E-state index contributed by atoms with van der Waals surface area (Å²) in [7, 11) is 1.65. The topological polar surface area (TPSA) is 89.3 Å². The van der Waals surface area contributed by atoms with Crippen molar-refractivity contribution in [2.75, 3.05) is 19.0 Å². The standard InChI is InChI=1S/C17H21IN4O3/c1-9-6-12(10(2)19-16(9)23)20-15-17(24)22(7-14(18)21-15)13(8-25-3)11-4-5-11/h6-7,11,13H,4-5,8H2,1-3H3,(H,19,23)(H,20,21)/t13-/m1/s1. The van der Waals surface area contributed by atoms with Crippen LogP contribution in [0.3, 0.4) is 0 Å². The highest BCUT2D eigenvalue weighted by molar-refractivity contribution is 14.1. The molecule has 0 saturated heterocycles. The molecular formula is C17H21IN4O3. The first-order chi connectivity index (χ1) is 11.9. The molecule has 1 saturated carbocycles. The molecular weight excluding hydrogens is 435 g/mol. The first kappa shape index (κ1) is 18.1. The van der Waals surface area contributed by atoms with Crippen LogP contribution in [-0.4, -0.2) is 33.4 Å². The molecule has 8 heteroatoms. The van der Waals surface area contributed by atoms with Gasteiger partial charge in [0.15, 0.2) is 5.82 Å². The van der Waals surface area contributed by atoms with Crippen molar-refractivity contribution in [1.29, 1.82) is 0 Å². The van der Waals surface area contributed by atoms with E-state index in [2.05, 4.69) is 37.9 Å². The smallest absolute Gasteiger partial charge is 0.294 e. The fourth-order valence-corrected chi connectivity index (χ4v) is 3.39. The molecule has 1 aliphatic rings. The lowest BCUT2D eigenvalue weighted by molar-refractivity contribution is 0.143. The summed E-state index contributed by atoms with van der Waals surface area (Å²) in [5, 5.41) is 12.8. The number of aryl methyl sites for hydroxylation is 2. The summed E-state index contributed by atoms with van der Waals surface area (Å²) in [6.07, 6.45) is 4.01. The summed E-state index contributed by atoms with van der Waals surface area (Å²) in [5.74, 6) is 0.719. The van der Waals surface area contributed by atoms with Crippen molar-refractivity contribution in [3.05, 3.63) is 37.6 Å². The third kappa shape index (κ3) is 3.95. The van der Waals surface area contributed by atoms with Crippen LogP contribution in [-0.2, 0) is 4.74 Å². The quantitative estimate of drug-likeness (QED) is 0.650. The van der Waals surface area contributed by atoms with Gasteiger partial charge in [0.2, 0.25) is 5.88 Å². The van der Waals surface area contributed by atoms with Gasteiger partial charge in [0, 0.05) is 18.9 Å². The van der Waals surface area contributed by atoms with E-state index in [1.54, 1.807) is 37.8 Å². The van der Waals surface area contributed by atoms with Crippen LogP contribution in [0, 0.1) is 23.5 Å². The summed E-state index contributed by atoms with van der Waals surface area (Å²) in [4.78, 5) is 21.4. The predicted molar refractivity (Wildman–Crippen MR) is 104 cm³/mol. The molecule has 0 unspecified atom stereocenters. The maximum Gasteiger partial charge on any atom is 0.294 e. The van der Waals surface area contributed by atoms with Crippen LogP contribution in [0.5, 0.6) is 5.88 Å². The highest BCUT2D eigenvalue weighted by Crippen LogP contribution is 2.39. The highest BCUT2D eigenvalue weighted by Gasteiger charge is 2.33. The normalized spacial score (nSPS) is 15.2. The van der Waals surface area contributed by atoms with Crippen LogP contribution in [0.4, 0.5) is 11.5 Å². The third-order valence-corrected chi connectivity index (χ3v) is 4.91. The second-order valence-electron chi connectivity index (χ2n) is 6.37. The number of aromatic nitrogens is 3. The Bertz CT molecular complexity index is 849. The van der Waals surface area contributed by atoms with Crippen molar-refractivity contribution in [3.63, 3.8) is 0 Å². The van der Waals surface area contributed by atoms with E-state index < -0.39 is 0 Å². The molecule has 1 atom stereocenters. The Morgan fingerprint density at radius 2 is 2.16 bits per heavy atom. The van der Waals surface area contributed by atoms with Crippen LogP contribution in [0.2, 0.25) is 0 Å². The first-order valence-corrected chi connectivity index (χ1v) is 9.20. The van der Waals surface area contributed by atoms with Gasteiger partial charge in [-0.25, -0.2) is 9.97 Å². The number of hydrogen-bond acceptors (Lipinski definition) is 6. The van der Waals surface area contributed by atoms with E-state index in [-0.39, 0.29) is 23.3 Å². The van der Waals surface area contributed by atoms with E-state index in [4.69, 9.17) is 4.74 Å². The molecule has 2 N–H and O–H groups in total. The lowest BCUT2D eigenvalue weighted by Gasteiger charge is -2.20. The van der Waals surface area contributed by atoms with E-state index in [1.807, 2.05) is 0 Å². The number of rotatable bonds is 6. The van der Waals surface area contributed by atoms with Crippen molar-refractivity contribution in [1.82, 2.24) is 14.5 Å². The molecule has 0 aliphatic heterocycles. The van der Waals surface area contributed by atoms with Gasteiger partial charge in [0.25, 0.3) is 5.56 Å². The molecule has 3 rings (SSSR count). The number of aromatic hydroxyl groups is 1. The van der Waals surface area contributed by atoms with Crippen LogP contribution >= 0.6 is 22.6 Å². The predicted octanol–water partition coefficient (Wildman–Crippen LogP) is 2.91. The van der Waals surface area contributed by atoms with E-state index in [9.17, 15) is 9.90 Å². The van der Waals surface area contributed by atoms with Crippen LogP contribution in [0.25, 0.3) is 0 Å². The maximum absolute atomic E-state index is 12.9. The Morgan fingerprint density at radius 1 is 1.44 bits per heavy atom. The molecule has 25 heavy (non-hydrogen) atoms. The average molecular weight is 456 g/mol. The van der Waals surface area contributed by atoms with Gasteiger partial charge in [0.05, 0.1) is 24.0 Å². The van der Waals surface area contributed by atoms with E-state index in [1.165, 1.54) is 0 Å². The van der Waals surface area contributed by atoms with Crippen molar-refractivity contribution in [2.24, 2.45) is 5.92 Å². The van der Waals surface area contributed by atoms with Crippen molar-refractivity contribution >= 4 is 34.1 Å². The molecule has 1 fully saturated rings. The SMILES string of the molecule is COC[C@H](C1CC1)n1cc(I)nc(Nc2cc(C)c(O)nc2C)c1=O. The number of anilines is 2. The van der Waals surface area contributed by atoms with Crippen molar-refractivity contribution in [3.8, 4) is 5.88 Å². The zero-order chi connectivity index (χ0) is 18.1.